The number of rotatable bonds is 48. The quantitative estimate of drug-likeness (QED) is 0.0322. The number of carbonyl (C=O) groups is 2. The Morgan fingerprint density at radius 1 is 0.475 bits per heavy atom. The molecular weight excluding hydrogens is 731 g/mol. The summed E-state index contributed by atoms with van der Waals surface area (Å²) in [6, 6.07) is -0.702. The minimum Gasteiger partial charge on any atom is -0.462 e. The molecule has 0 radical (unpaired) electrons. The molecule has 0 spiro atoms. The molecule has 3 N–H and O–H groups in total. The van der Waals surface area contributed by atoms with Crippen LogP contribution in [0.1, 0.15) is 290 Å². The maximum absolute atomic E-state index is 13.2. The van der Waals surface area contributed by atoms with Crippen LogP contribution < -0.4 is 5.32 Å². The highest BCUT2D eigenvalue weighted by Gasteiger charge is 2.24. The maximum atomic E-state index is 13.2. The summed E-state index contributed by atoms with van der Waals surface area (Å²) in [7, 11) is 0. The van der Waals surface area contributed by atoms with Crippen LogP contribution in [0.5, 0.6) is 0 Å². The van der Waals surface area contributed by atoms with Crippen LogP contribution in [0.2, 0.25) is 0 Å². The van der Waals surface area contributed by atoms with Gasteiger partial charge in [0, 0.05) is 6.42 Å². The molecule has 0 aliphatic heterocycles. The first kappa shape index (κ1) is 57.6. The number of nitrogens with one attached hydrogen (secondary N) is 1. The number of allylic oxidation sites excluding steroid dienone is 2. The van der Waals surface area contributed by atoms with Crippen LogP contribution in [-0.2, 0) is 14.3 Å². The van der Waals surface area contributed by atoms with Gasteiger partial charge < -0.3 is 20.3 Å². The smallest absolute Gasteiger partial charge is 0.306 e. The van der Waals surface area contributed by atoms with Crippen LogP contribution in [0, 0.1) is 0 Å². The second-order valence-electron chi connectivity index (χ2n) is 18.3. The molecule has 6 nitrogen and oxygen atoms in total. The molecule has 59 heavy (non-hydrogen) atoms. The van der Waals surface area contributed by atoms with Gasteiger partial charge in [-0.1, -0.05) is 245 Å². The summed E-state index contributed by atoms with van der Waals surface area (Å²) in [5, 5.41) is 23.7. The van der Waals surface area contributed by atoms with Crippen molar-refractivity contribution in [1.29, 1.82) is 0 Å². The van der Waals surface area contributed by atoms with Crippen molar-refractivity contribution in [1.82, 2.24) is 5.32 Å². The van der Waals surface area contributed by atoms with Crippen LogP contribution in [0.15, 0.2) is 12.2 Å². The molecule has 0 saturated carbocycles. The van der Waals surface area contributed by atoms with Crippen molar-refractivity contribution in [2.24, 2.45) is 0 Å². The molecule has 6 heteroatoms. The number of ether oxygens (including phenoxy) is 1. The molecule has 3 unspecified atom stereocenters. The minimum absolute atomic E-state index is 0.0636. The molecule has 1 amide bonds. The number of esters is 1. The van der Waals surface area contributed by atoms with Gasteiger partial charge in [0.15, 0.2) is 0 Å². The summed E-state index contributed by atoms with van der Waals surface area (Å²) in [5.74, 6) is -0.486. The van der Waals surface area contributed by atoms with Gasteiger partial charge >= 0.3 is 5.97 Å². The topological polar surface area (TPSA) is 95.9 Å². The lowest BCUT2D eigenvalue weighted by atomic mass is 10.0. The zero-order chi connectivity index (χ0) is 43.1. The van der Waals surface area contributed by atoms with E-state index in [9.17, 15) is 19.8 Å². The number of carbonyl (C=O) groups excluding carboxylic acids is 2. The van der Waals surface area contributed by atoms with Gasteiger partial charge in [-0.3, -0.25) is 9.59 Å². The van der Waals surface area contributed by atoms with E-state index in [1.165, 1.54) is 193 Å². The first-order valence-corrected chi connectivity index (χ1v) is 26.4. The summed E-state index contributed by atoms with van der Waals surface area (Å²) >= 11 is 0. The second kappa shape index (κ2) is 47.6. The Balaban J connectivity index is 4.48. The first-order valence-electron chi connectivity index (χ1n) is 26.4. The van der Waals surface area contributed by atoms with Crippen molar-refractivity contribution in [3.05, 3.63) is 12.2 Å². The molecule has 0 heterocycles. The van der Waals surface area contributed by atoms with Crippen molar-refractivity contribution in [3.8, 4) is 0 Å². The monoisotopic (exact) mass is 834 g/mol. The van der Waals surface area contributed by atoms with E-state index in [0.717, 1.165) is 51.4 Å². The molecule has 3 atom stereocenters. The Morgan fingerprint density at radius 2 is 0.831 bits per heavy atom. The Bertz CT molecular complexity index is 893. The lowest BCUT2D eigenvalue weighted by molar-refractivity contribution is -0.151. The SMILES string of the molecule is CCCCCCCC/C=C\CCCC(CC(=O)NC(CO)C(O)CCCCCCCCCCCCCC)OC(=O)CCCCCCCCCCCCCCCCCCC. The fraction of sp³-hybridized carbons (Fsp3) is 0.925. The maximum Gasteiger partial charge on any atom is 0.306 e. The largest absolute Gasteiger partial charge is 0.462 e. The molecule has 0 aromatic rings. The van der Waals surface area contributed by atoms with E-state index in [1.54, 1.807) is 0 Å². The molecule has 0 bridgehead atoms. The summed E-state index contributed by atoms with van der Waals surface area (Å²) < 4.78 is 5.92. The third kappa shape index (κ3) is 43.1. The van der Waals surface area contributed by atoms with Crippen LogP contribution in [0.25, 0.3) is 0 Å². The van der Waals surface area contributed by atoms with Gasteiger partial charge in [-0.15, -0.1) is 0 Å². The Labute approximate surface area is 368 Å². The molecule has 0 aromatic heterocycles. The van der Waals surface area contributed by atoms with E-state index in [2.05, 4.69) is 38.2 Å². The molecule has 0 aliphatic rings. The van der Waals surface area contributed by atoms with Crippen LogP contribution >= 0.6 is 0 Å². The van der Waals surface area contributed by atoms with Crippen molar-refractivity contribution < 1.29 is 24.5 Å². The fourth-order valence-corrected chi connectivity index (χ4v) is 8.31. The summed E-state index contributed by atoms with van der Waals surface area (Å²) in [6.45, 7) is 6.49. The van der Waals surface area contributed by atoms with E-state index < -0.39 is 18.2 Å². The number of amides is 1. The number of aliphatic hydroxyl groups excluding tert-OH is 2. The van der Waals surface area contributed by atoms with E-state index in [1.807, 2.05) is 0 Å². The van der Waals surface area contributed by atoms with E-state index in [0.29, 0.717) is 19.3 Å². The zero-order valence-electron chi connectivity index (χ0n) is 39.9. The molecular formula is C53H103NO5. The van der Waals surface area contributed by atoms with Crippen LogP contribution in [0.4, 0.5) is 0 Å². The van der Waals surface area contributed by atoms with E-state index in [-0.39, 0.29) is 24.9 Å². The number of unbranched alkanes of at least 4 members (excludes halogenated alkanes) is 34. The summed E-state index contributed by atoms with van der Waals surface area (Å²) in [5.41, 5.74) is 0. The van der Waals surface area contributed by atoms with Crippen LogP contribution in [0.3, 0.4) is 0 Å². The van der Waals surface area contributed by atoms with Gasteiger partial charge in [-0.25, -0.2) is 0 Å². The highest BCUT2D eigenvalue weighted by atomic mass is 16.5. The lowest BCUT2D eigenvalue weighted by Crippen LogP contribution is -2.46. The van der Waals surface area contributed by atoms with Gasteiger partial charge in [0.05, 0.1) is 25.2 Å². The number of hydrogen-bond donors (Lipinski definition) is 3. The van der Waals surface area contributed by atoms with Crippen molar-refractivity contribution in [3.63, 3.8) is 0 Å². The molecule has 0 fully saturated rings. The third-order valence-corrected chi connectivity index (χ3v) is 12.3. The van der Waals surface area contributed by atoms with Gasteiger partial charge in [0.2, 0.25) is 5.91 Å². The average molecular weight is 834 g/mol. The Morgan fingerprint density at radius 3 is 1.24 bits per heavy atom. The van der Waals surface area contributed by atoms with Crippen molar-refractivity contribution >= 4 is 11.9 Å². The van der Waals surface area contributed by atoms with E-state index in [4.69, 9.17) is 4.74 Å². The Hall–Kier alpha value is -1.40. The molecule has 0 aromatic carbocycles. The number of hydrogen-bond acceptors (Lipinski definition) is 5. The first-order chi connectivity index (χ1) is 29.0. The minimum atomic E-state index is -0.787. The predicted molar refractivity (Wildman–Crippen MR) is 255 cm³/mol. The van der Waals surface area contributed by atoms with Gasteiger partial charge in [0.1, 0.15) is 6.10 Å². The second-order valence-corrected chi connectivity index (χ2v) is 18.3. The molecule has 0 rings (SSSR count). The average Bonchev–Trinajstić information content (AvgIpc) is 3.23. The van der Waals surface area contributed by atoms with E-state index >= 15 is 0 Å². The van der Waals surface area contributed by atoms with Gasteiger partial charge in [-0.2, -0.15) is 0 Å². The standard InChI is InChI=1S/C53H103NO5/c1-4-7-10-13-16-19-22-24-25-26-27-28-31-34-37-40-43-46-53(58)59-49(44-41-38-35-32-29-21-18-15-12-9-6-3)47-52(57)54-50(48-55)51(56)45-42-39-36-33-30-23-20-17-14-11-8-5-2/h32,35,49-51,55-56H,4-31,33-34,36-48H2,1-3H3,(H,54,57)/b35-32-. The van der Waals surface area contributed by atoms with Crippen molar-refractivity contribution in [2.45, 2.75) is 309 Å². The molecule has 0 aliphatic carbocycles. The van der Waals surface area contributed by atoms with Gasteiger partial charge in [-0.05, 0) is 44.9 Å². The number of aliphatic hydroxyl groups is 2. The predicted octanol–water partition coefficient (Wildman–Crippen LogP) is 15.7. The summed E-state index contributed by atoms with van der Waals surface area (Å²) in [6.07, 6.45) is 52.8. The van der Waals surface area contributed by atoms with Crippen LogP contribution in [-0.4, -0.2) is 46.9 Å². The van der Waals surface area contributed by atoms with Crippen molar-refractivity contribution in [2.75, 3.05) is 6.61 Å². The molecule has 0 saturated heterocycles. The fourth-order valence-electron chi connectivity index (χ4n) is 8.31. The summed E-state index contributed by atoms with van der Waals surface area (Å²) in [4.78, 5) is 26.1. The lowest BCUT2D eigenvalue weighted by Gasteiger charge is -2.24. The third-order valence-electron chi connectivity index (χ3n) is 12.3. The highest BCUT2D eigenvalue weighted by Crippen LogP contribution is 2.18. The van der Waals surface area contributed by atoms with Gasteiger partial charge in [0.25, 0.3) is 0 Å². The normalized spacial score (nSPS) is 13.2. The Kier molecular flexibility index (Phi) is 46.5. The zero-order valence-corrected chi connectivity index (χ0v) is 39.9. The molecule has 350 valence electrons. The highest BCUT2D eigenvalue weighted by molar-refractivity contribution is 5.77.